The van der Waals surface area contributed by atoms with Crippen molar-refractivity contribution in [1.82, 2.24) is 0 Å². The van der Waals surface area contributed by atoms with E-state index in [2.05, 4.69) is 0 Å². The summed E-state index contributed by atoms with van der Waals surface area (Å²) in [5.41, 5.74) is 0. The molecule has 0 aromatic carbocycles. The zero-order chi connectivity index (χ0) is 3.41. The third-order valence-corrected chi connectivity index (χ3v) is 0.183. The lowest BCUT2D eigenvalue weighted by molar-refractivity contribution is -0.658. The second kappa shape index (κ2) is 31.8. The minimum absolute atomic E-state index is 0. The quantitative estimate of drug-likeness (QED) is 0.364. The SMILES string of the molecule is C[NH2+]CO.[Cl-].[Cl-].[OH-]. The van der Waals surface area contributed by atoms with Gasteiger partial charge in [0.1, 0.15) is 0 Å². The third-order valence-electron chi connectivity index (χ3n) is 0.183. The molecule has 0 aliphatic carbocycles. The van der Waals surface area contributed by atoms with Crippen LogP contribution in [0.1, 0.15) is 0 Å². The molecule has 0 unspecified atom stereocenters. The van der Waals surface area contributed by atoms with E-state index in [0.29, 0.717) is 0 Å². The van der Waals surface area contributed by atoms with E-state index in [1.807, 2.05) is 0 Å². The summed E-state index contributed by atoms with van der Waals surface area (Å²) in [5, 5.41) is 9.50. The molecule has 0 aliphatic rings. The largest absolute Gasteiger partial charge is 1.00 e. The van der Waals surface area contributed by atoms with Crippen LogP contribution in [0.3, 0.4) is 0 Å². The van der Waals surface area contributed by atoms with Gasteiger partial charge in [0.05, 0.1) is 7.05 Å². The molecule has 0 amide bonds. The first kappa shape index (κ1) is 26.0. The molecule has 7 heavy (non-hydrogen) atoms. The van der Waals surface area contributed by atoms with E-state index in [1.165, 1.54) is 0 Å². The number of hydrogen-bond donors (Lipinski definition) is 2. The summed E-state index contributed by atoms with van der Waals surface area (Å²) < 4.78 is 0. The summed E-state index contributed by atoms with van der Waals surface area (Å²) in [6, 6.07) is 0. The van der Waals surface area contributed by atoms with Crippen LogP contribution in [0.4, 0.5) is 0 Å². The summed E-state index contributed by atoms with van der Waals surface area (Å²) in [7, 11) is 1.81. The topological polar surface area (TPSA) is 66.8 Å². The summed E-state index contributed by atoms with van der Waals surface area (Å²) in [5.74, 6) is 0. The monoisotopic (exact) mass is 149 g/mol. The van der Waals surface area contributed by atoms with E-state index in [4.69, 9.17) is 5.11 Å². The summed E-state index contributed by atoms with van der Waals surface area (Å²) in [6.07, 6.45) is 0. The maximum atomic E-state index is 7.82. The molecule has 0 aromatic heterocycles. The van der Waals surface area contributed by atoms with E-state index in [1.54, 1.807) is 12.4 Å². The van der Waals surface area contributed by atoms with Gasteiger partial charge in [-0.05, 0) is 0 Å². The number of nitrogens with two attached hydrogens (primary N) is 1. The van der Waals surface area contributed by atoms with Gasteiger partial charge in [-0.3, -0.25) is 0 Å². The number of rotatable bonds is 1. The third kappa shape index (κ3) is 60.3. The number of quaternary nitrogens is 1. The molecule has 0 fully saturated rings. The molecule has 50 valence electrons. The highest BCUT2D eigenvalue weighted by molar-refractivity contribution is 3.55. The van der Waals surface area contributed by atoms with Gasteiger partial charge in [-0.25, -0.2) is 0 Å². The Labute approximate surface area is 55.2 Å². The Hall–Kier alpha value is 0.460. The standard InChI is InChI=1S/C2H7NO.2ClH.H2O/c1-3-2-4;;;/h3-4H,2H2,1H3;2*1H;1H2/p-2. The van der Waals surface area contributed by atoms with Gasteiger partial charge in [0.25, 0.3) is 0 Å². The Morgan fingerprint density at radius 1 is 1.43 bits per heavy atom. The molecule has 0 atom stereocenters. The number of hydrogen-bond acceptors (Lipinski definition) is 2. The van der Waals surface area contributed by atoms with Gasteiger partial charge in [0.15, 0.2) is 6.73 Å². The molecule has 4 N–H and O–H groups in total. The first-order valence-electron chi connectivity index (χ1n) is 1.30. The lowest BCUT2D eigenvalue weighted by Crippen LogP contribution is -3.00. The zero-order valence-electron chi connectivity index (χ0n) is 3.93. The second-order valence-corrected chi connectivity index (χ2v) is 0.591. The first-order valence-corrected chi connectivity index (χ1v) is 1.30. The Balaban J connectivity index is -0.0000000150. The van der Waals surface area contributed by atoms with Gasteiger partial charge < -0.3 is 40.7 Å². The molecule has 0 saturated carbocycles. The Morgan fingerprint density at radius 3 is 1.57 bits per heavy atom. The van der Waals surface area contributed by atoms with Crippen LogP contribution in [-0.2, 0) is 0 Å². The van der Waals surface area contributed by atoms with Crippen molar-refractivity contribution in [2.24, 2.45) is 0 Å². The molecule has 0 saturated heterocycles. The molecule has 3 nitrogen and oxygen atoms in total. The van der Waals surface area contributed by atoms with Gasteiger partial charge in [-0.2, -0.15) is 0 Å². The van der Waals surface area contributed by atoms with Crippen LogP contribution in [0.15, 0.2) is 0 Å². The van der Waals surface area contributed by atoms with Crippen molar-refractivity contribution in [3.63, 3.8) is 0 Å². The van der Waals surface area contributed by atoms with Crippen molar-refractivity contribution < 1.29 is 40.7 Å². The van der Waals surface area contributed by atoms with Crippen molar-refractivity contribution >= 4 is 0 Å². The molecule has 0 spiro atoms. The Kier molecular flexibility index (Phi) is 118. The van der Waals surface area contributed by atoms with Crippen molar-refractivity contribution in [1.29, 1.82) is 0 Å². The number of aliphatic hydroxyl groups is 1. The summed E-state index contributed by atoms with van der Waals surface area (Å²) in [4.78, 5) is 0. The van der Waals surface area contributed by atoms with Gasteiger partial charge in [0, 0.05) is 0 Å². The fourth-order valence-corrected chi connectivity index (χ4v) is 0. The van der Waals surface area contributed by atoms with Gasteiger partial charge in [0.2, 0.25) is 0 Å². The predicted octanol–water partition coefficient (Wildman–Crippen LogP) is -8.04. The second-order valence-electron chi connectivity index (χ2n) is 0.591. The molecule has 0 bridgehead atoms. The van der Waals surface area contributed by atoms with Crippen molar-refractivity contribution in [2.45, 2.75) is 0 Å². The summed E-state index contributed by atoms with van der Waals surface area (Å²) >= 11 is 0. The van der Waals surface area contributed by atoms with Crippen molar-refractivity contribution in [3.8, 4) is 0 Å². The molecule has 5 heteroatoms. The van der Waals surface area contributed by atoms with Crippen LogP contribution in [0, 0.1) is 0 Å². The maximum Gasteiger partial charge on any atom is 0.176 e. The van der Waals surface area contributed by atoms with E-state index in [0.717, 1.165) is 0 Å². The number of halogens is 2. The van der Waals surface area contributed by atoms with E-state index in [-0.39, 0.29) is 37.0 Å². The van der Waals surface area contributed by atoms with Crippen molar-refractivity contribution in [2.75, 3.05) is 13.8 Å². The van der Waals surface area contributed by atoms with Crippen molar-refractivity contribution in [3.05, 3.63) is 0 Å². The van der Waals surface area contributed by atoms with Crippen LogP contribution >= 0.6 is 0 Å². The molecule has 0 rings (SSSR count). The first-order chi connectivity index (χ1) is 1.91. The lowest BCUT2D eigenvalue weighted by atomic mass is 11.2. The predicted molar refractivity (Wildman–Crippen MR) is 16.9 cm³/mol. The fraction of sp³-hybridized carbons (Fsp3) is 1.00. The van der Waals surface area contributed by atoms with Crippen LogP contribution in [0.5, 0.6) is 0 Å². The van der Waals surface area contributed by atoms with E-state index >= 15 is 0 Å². The summed E-state index contributed by atoms with van der Waals surface area (Å²) in [6.45, 7) is 0.194. The Morgan fingerprint density at radius 2 is 1.57 bits per heavy atom. The van der Waals surface area contributed by atoms with Gasteiger partial charge in [-0.15, -0.1) is 0 Å². The fourth-order valence-electron chi connectivity index (χ4n) is 0. The molecule has 0 heterocycles. The molecular formula is C2H9Cl2NO2-2. The molecular weight excluding hydrogens is 141 g/mol. The van der Waals surface area contributed by atoms with Gasteiger partial charge in [-0.1, -0.05) is 0 Å². The normalized spacial score (nSPS) is 4.29. The average Bonchev–Trinajstić information content (AvgIpc) is 1.37. The highest BCUT2D eigenvalue weighted by atomic mass is 35.5. The van der Waals surface area contributed by atoms with E-state index < -0.39 is 0 Å². The molecule has 0 radical (unpaired) electrons. The van der Waals surface area contributed by atoms with Crippen LogP contribution in [-0.4, -0.2) is 24.4 Å². The molecule has 0 aliphatic heterocycles. The highest BCUT2D eigenvalue weighted by Gasteiger charge is 1.54. The smallest absolute Gasteiger partial charge is 0.176 e. The van der Waals surface area contributed by atoms with Gasteiger partial charge >= 0.3 is 0 Å². The minimum Gasteiger partial charge on any atom is -1.00 e. The van der Waals surface area contributed by atoms with Crippen LogP contribution in [0.25, 0.3) is 0 Å². The van der Waals surface area contributed by atoms with Crippen LogP contribution < -0.4 is 30.1 Å². The maximum absolute atomic E-state index is 7.82. The van der Waals surface area contributed by atoms with Crippen LogP contribution in [0.2, 0.25) is 0 Å². The average molecular weight is 150 g/mol. The highest BCUT2D eigenvalue weighted by Crippen LogP contribution is 1.02. The number of aliphatic hydroxyl groups excluding tert-OH is 1. The lowest BCUT2D eigenvalue weighted by Gasteiger charge is -1.73. The Bertz CT molecular complexity index is 15.7. The molecule has 0 aromatic rings. The zero-order valence-corrected chi connectivity index (χ0v) is 5.45. The van der Waals surface area contributed by atoms with E-state index in [9.17, 15) is 0 Å². The minimum atomic E-state index is 0.